The van der Waals surface area contributed by atoms with Crippen LogP contribution in [-0.2, 0) is 49.3 Å². The Morgan fingerprint density at radius 3 is 0.389 bits per heavy atom. The van der Waals surface area contributed by atoms with Crippen LogP contribution < -0.4 is 0 Å². The highest BCUT2D eigenvalue weighted by atomic mass is 31.2. The molecule has 0 bridgehead atoms. The SMILES string of the molecule is c1ccc(C[P+]2(Cc3ccccc3)CCC[P+](Cc3ccccc3)(Cc3ccccc3)CCC[P+](Cc3ccccc3)(Cc3ccccc3)CCC[P+](Cc3ccccc3)(Cc3ccccc3)CCC2)cc1. The van der Waals surface area contributed by atoms with Crippen molar-refractivity contribution in [2.24, 2.45) is 0 Å². The van der Waals surface area contributed by atoms with Gasteiger partial charge in [0.25, 0.3) is 0 Å². The van der Waals surface area contributed by atoms with Gasteiger partial charge in [0.2, 0.25) is 0 Å². The molecular weight excluding hydrogens is 941 g/mol. The van der Waals surface area contributed by atoms with Crippen LogP contribution in [0.4, 0.5) is 0 Å². The van der Waals surface area contributed by atoms with Crippen molar-refractivity contribution in [2.75, 3.05) is 49.3 Å². The second-order valence-corrected chi connectivity index (χ2v) is 38.6. The normalized spacial score (nSPS) is 17.1. The lowest BCUT2D eigenvalue weighted by molar-refractivity contribution is 0.958. The van der Waals surface area contributed by atoms with E-state index < -0.39 is 29.0 Å². The summed E-state index contributed by atoms with van der Waals surface area (Å²) >= 11 is 0. The topological polar surface area (TPSA) is 0 Å². The fraction of sp³-hybridized carbons (Fsp3) is 0.294. The van der Waals surface area contributed by atoms with Crippen molar-refractivity contribution < 1.29 is 0 Å². The smallest absolute Gasteiger partial charge is 0.0622 e. The Morgan fingerprint density at radius 2 is 0.278 bits per heavy atom. The van der Waals surface area contributed by atoms with Crippen LogP contribution in [0.2, 0.25) is 0 Å². The van der Waals surface area contributed by atoms with E-state index in [1.165, 1.54) is 124 Å². The molecule has 0 nitrogen and oxygen atoms in total. The maximum absolute atomic E-state index is 2.45. The molecule has 1 heterocycles. The van der Waals surface area contributed by atoms with Crippen molar-refractivity contribution in [3.05, 3.63) is 287 Å². The third-order valence-corrected chi connectivity index (χ3v) is 34.4. The van der Waals surface area contributed by atoms with Crippen LogP contribution in [0.1, 0.15) is 70.2 Å². The first-order valence-corrected chi connectivity index (χ1v) is 37.3. The van der Waals surface area contributed by atoms with Gasteiger partial charge in [-0.3, -0.25) is 0 Å². The first-order chi connectivity index (χ1) is 35.5. The van der Waals surface area contributed by atoms with Gasteiger partial charge in [0.05, 0.1) is 98.6 Å². The zero-order valence-electron chi connectivity index (χ0n) is 43.0. The summed E-state index contributed by atoms with van der Waals surface area (Å²) in [6.45, 7) is 0. The van der Waals surface area contributed by atoms with Crippen LogP contribution in [0, 0.1) is 0 Å². The minimum Gasteiger partial charge on any atom is -0.0622 e. The fourth-order valence-corrected chi connectivity index (χ4v) is 32.1. The van der Waals surface area contributed by atoms with E-state index >= 15 is 0 Å². The molecule has 0 atom stereocenters. The highest BCUT2D eigenvalue weighted by Crippen LogP contribution is 2.73. The Labute approximate surface area is 437 Å². The van der Waals surface area contributed by atoms with E-state index in [2.05, 4.69) is 243 Å². The second-order valence-electron chi connectivity index (χ2n) is 21.7. The molecule has 0 spiro atoms. The Kier molecular flexibility index (Phi) is 19.4. The summed E-state index contributed by atoms with van der Waals surface area (Å²) in [7, 11) is -6.12. The predicted octanol–water partition coefficient (Wildman–Crippen LogP) is 19.2. The van der Waals surface area contributed by atoms with Gasteiger partial charge >= 0.3 is 0 Å². The van der Waals surface area contributed by atoms with Crippen molar-refractivity contribution in [1.82, 2.24) is 0 Å². The third-order valence-electron chi connectivity index (χ3n) is 15.9. The van der Waals surface area contributed by atoms with Crippen molar-refractivity contribution in [1.29, 1.82) is 0 Å². The molecule has 0 aliphatic carbocycles. The Hall–Kier alpha value is -4.52. The van der Waals surface area contributed by atoms with Gasteiger partial charge in [0.1, 0.15) is 0 Å². The summed E-state index contributed by atoms with van der Waals surface area (Å²) in [5, 5.41) is 0. The van der Waals surface area contributed by atoms with E-state index in [0.29, 0.717) is 0 Å². The van der Waals surface area contributed by atoms with Gasteiger partial charge in [-0.1, -0.05) is 243 Å². The predicted molar refractivity (Wildman–Crippen MR) is 326 cm³/mol. The standard InChI is InChI=1S/C68H80P4/c1-9-29-61(30-10-1)53-69(54-62-31-11-2-12-32-62)45-25-47-70(55-63-33-13-3-14-34-63,56-64-35-15-4-16-36-64)49-27-51-72(59-67-41-21-7-22-42-67,60-68-43-23-8-24-44-68)52-28-50-71(48-26-46-69,57-65-37-17-5-18-38-65)58-66-39-19-6-20-40-66/h1-24,29-44H,25-28,45-60H2/q+4. The molecular formula is C68H80P4+4. The van der Waals surface area contributed by atoms with Gasteiger partial charge in [0, 0.05) is 54.7 Å². The highest BCUT2D eigenvalue weighted by Gasteiger charge is 2.47. The summed E-state index contributed by atoms with van der Waals surface area (Å²) in [4.78, 5) is 0. The van der Waals surface area contributed by atoms with Crippen molar-refractivity contribution in [3.8, 4) is 0 Å². The Balaban J connectivity index is 1.17. The molecule has 368 valence electrons. The van der Waals surface area contributed by atoms with E-state index in [-0.39, 0.29) is 0 Å². The second kappa shape index (κ2) is 26.6. The zero-order chi connectivity index (χ0) is 49.0. The molecule has 0 amide bonds. The Morgan fingerprint density at radius 1 is 0.167 bits per heavy atom. The van der Waals surface area contributed by atoms with Gasteiger partial charge in [-0.2, -0.15) is 0 Å². The van der Waals surface area contributed by atoms with E-state index in [4.69, 9.17) is 0 Å². The zero-order valence-corrected chi connectivity index (χ0v) is 46.6. The lowest BCUT2D eigenvalue weighted by Gasteiger charge is -2.35. The molecule has 0 radical (unpaired) electrons. The van der Waals surface area contributed by atoms with E-state index in [1.807, 2.05) is 0 Å². The molecule has 72 heavy (non-hydrogen) atoms. The van der Waals surface area contributed by atoms with Crippen LogP contribution in [0.25, 0.3) is 0 Å². The van der Waals surface area contributed by atoms with Gasteiger partial charge < -0.3 is 0 Å². The average Bonchev–Trinajstić information content (AvgIpc) is 3.41. The van der Waals surface area contributed by atoms with Crippen LogP contribution in [0.3, 0.4) is 0 Å². The first-order valence-electron chi connectivity index (χ1n) is 27.2. The molecule has 8 aromatic carbocycles. The molecule has 4 heteroatoms. The van der Waals surface area contributed by atoms with Crippen molar-refractivity contribution in [3.63, 3.8) is 0 Å². The lowest BCUT2D eigenvalue weighted by Crippen LogP contribution is -2.19. The summed E-state index contributed by atoms with van der Waals surface area (Å²) in [6.07, 6.45) is 26.4. The quantitative estimate of drug-likeness (QED) is 0.0846. The van der Waals surface area contributed by atoms with Gasteiger partial charge in [-0.25, -0.2) is 0 Å². The number of rotatable bonds is 16. The van der Waals surface area contributed by atoms with E-state index in [0.717, 1.165) is 0 Å². The van der Waals surface area contributed by atoms with Gasteiger partial charge in [0.15, 0.2) is 0 Å². The molecule has 0 N–H and O–H groups in total. The van der Waals surface area contributed by atoms with Gasteiger partial charge in [-0.15, -0.1) is 0 Å². The monoisotopic (exact) mass is 1020 g/mol. The van der Waals surface area contributed by atoms with Crippen LogP contribution in [-0.4, -0.2) is 49.3 Å². The largest absolute Gasteiger partial charge is 0.0846 e. The molecule has 9 rings (SSSR count). The maximum Gasteiger partial charge on any atom is 0.0846 e. The van der Waals surface area contributed by atoms with E-state index in [1.54, 1.807) is 44.5 Å². The number of hydrogen-bond acceptors (Lipinski definition) is 0. The van der Waals surface area contributed by atoms with Crippen LogP contribution in [0.5, 0.6) is 0 Å². The maximum atomic E-state index is 2.45. The number of benzene rings is 8. The summed E-state index contributed by atoms with van der Waals surface area (Å²) in [5.74, 6) is 0. The van der Waals surface area contributed by atoms with Crippen molar-refractivity contribution >= 4 is 29.0 Å². The average molecular weight is 1020 g/mol. The van der Waals surface area contributed by atoms with Crippen molar-refractivity contribution in [2.45, 2.75) is 75.0 Å². The summed E-state index contributed by atoms with van der Waals surface area (Å²) < 4.78 is 0. The minimum atomic E-state index is -1.53. The molecule has 0 saturated carbocycles. The summed E-state index contributed by atoms with van der Waals surface area (Å²) in [5.41, 5.74) is 12.4. The molecule has 1 fully saturated rings. The highest BCUT2D eigenvalue weighted by molar-refractivity contribution is 7.76. The van der Waals surface area contributed by atoms with E-state index in [9.17, 15) is 0 Å². The number of hydrogen-bond donors (Lipinski definition) is 0. The molecule has 0 unspecified atom stereocenters. The molecule has 0 aromatic heterocycles. The molecule has 1 aliphatic rings. The fourth-order valence-electron chi connectivity index (χ4n) is 12.7. The van der Waals surface area contributed by atoms with Crippen LogP contribution in [0.15, 0.2) is 243 Å². The third kappa shape index (κ3) is 15.7. The molecule has 1 aliphatic heterocycles. The lowest BCUT2D eigenvalue weighted by atomic mass is 10.2. The summed E-state index contributed by atoms with van der Waals surface area (Å²) in [6, 6.07) is 93.9. The minimum absolute atomic E-state index is 1.25. The van der Waals surface area contributed by atoms with Gasteiger partial charge in [-0.05, 0) is 44.5 Å². The first kappa shape index (κ1) is 52.3. The Bertz CT molecular complexity index is 2160. The molecule has 1 saturated heterocycles. The van der Waals surface area contributed by atoms with Crippen LogP contribution >= 0.6 is 29.0 Å². The molecule has 8 aromatic rings.